The van der Waals surface area contributed by atoms with Crippen LogP contribution in [0.25, 0.3) is 11.0 Å². The zero-order chi connectivity index (χ0) is 18.0. The molecule has 134 valence electrons. The fourth-order valence-electron chi connectivity index (χ4n) is 3.41. The van der Waals surface area contributed by atoms with Gasteiger partial charge in [0.05, 0.1) is 11.0 Å². The van der Waals surface area contributed by atoms with Gasteiger partial charge in [-0.2, -0.15) is 0 Å². The minimum Gasteiger partial charge on any atom is -0.396 e. The number of amides is 2. The van der Waals surface area contributed by atoms with Gasteiger partial charge >= 0.3 is 5.69 Å². The molecule has 2 N–H and O–H groups in total. The first-order valence-electron chi connectivity index (χ1n) is 8.67. The highest BCUT2D eigenvalue weighted by Gasteiger charge is 2.31. The molecular weight excluding hydrogens is 322 g/mol. The van der Waals surface area contributed by atoms with Crippen LogP contribution in [0.2, 0.25) is 0 Å². The molecule has 1 aliphatic heterocycles. The Morgan fingerprint density at radius 1 is 1.16 bits per heavy atom. The smallest absolute Gasteiger partial charge is 0.329 e. The maximum Gasteiger partial charge on any atom is 0.329 e. The van der Waals surface area contributed by atoms with Crippen molar-refractivity contribution in [1.29, 1.82) is 0 Å². The van der Waals surface area contributed by atoms with Crippen LogP contribution in [0.1, 0.15) is 43.7 Å². The minimum absolute atomic E-state index is 0.211. The van der Waals surface area contributed by atoms with E-state index in [0.29, 0.717) is 11.9 Å². The summed E-state index contributed by atoms with van der Waals surface area (Å²) in [6, 6.07) is 5.19. The number of hydrogen-bond donors (Lipinski definition) is 2. The van der Waals surface area contributed by atoms with Gasteiger partial charge in [0, 0.05) is 20.1 Å². The summed E-state index contributed by atoms with van der Waals surface area (Å²) in [4.78, 5) is 36.2. The Kier molecular flexibility index (Phi) is 5.03. The van der Waals surface area contributed by atoms with Crippen LogP contribution in [-0.2, 0) is 23.1 Å². The number of aliphatic hydroxyl groups is 1. The van der Waals surface area contributed by atoms with Crippen LogP contribution in [0.4, 0.5) is 0 Å². The Labute approximate surface area is 145 Å². The molecule has 0 aliphatic carbocycles. The van der Waals surface area contributed by atoms with E-state index < -0.39 is 11.9 Å². The number of fused-ring (bicyclic) bond motifs is 1. The molecule has 1 unspecified atom stereocenters. The monoisotopic (exact) mass is 345 g/mol. The van der Waals surface area contributed by atoms with Gasteiger partial charge in [-0.1, -0.05) is 12.5 Å². The molecule has 7 nitrogen and oxygen atoms in total. The Hall–Kier alpha value is -2.41. The van der Waals surface area contributed by atoms with E-state index in [2.05, 4.69) is 5.32 Å². The number of unbranched alkanes of at least 4 members (excludes halogenated alkanes) is 2. The van der Waals surface area contributed by atoms with Crippen molar-refractivity contribution >= 4 is 22.8 Å². The van der Waals surface area contributed by atoms with E-state index in [4.69, 9.17) is 5.11 Å². The highest BCUT2D eigenvalue weighted by Crippen LogP contribution is 2.24. The van der Waals surface area contributed by atoms with Crippen LogP contribution in [-0.4, -0.2) is 32.7 Å². The van der Waals surface area contributed by atoms with Crippen LogP contribution in [0.5, 0.6) is 0 Å². The number of nitrogens with zero attached hydrogens (tertiary/aromatic N) is 2. The lowest BCUT2D eigenvalue weighted by Gasteiger charge is -2.21. The molecule has 1 aliphatic rings. The number of piperidine rings is 1. The number of aromatic nitrogens is 2. The van der Waals surface area contributed by atoms with E-state index in [0.717, 1.165) is 36.8 Å². The number of nitrogens with one attached hydrogen (secondary N) is 1. The van der Waals surface area contributed by atoms with E-state index in [1.54, 1.807) is 11.6 Å². The number of rotatable bonds is 6. The molecule has 1 atom stereocenters. The van der Waals surface area contributed by atoms with E-state index >= 15 is 0 Å². The summed E-state index contributed by atoms with van der Waals surface area (Å²) >= 11 is 0. The van der Waals surface area contributed by atoms with Gasteiger partial charge in [-0.15, -0.1) is 0 Å². The number of benzene rings is 1. The fraction of sp³-hybridized carbons (Fsp3) is 0.500. The van der Waals surface area contributed by atoms with Gasteiger partial charge < -0.3 is 5.11 Å². The molecule has 1 aromatic carbocycles. The average molecular weight is 345 g/mol. The zero-order valence-corrected chi connectivity index (χ0v) is 14.3. The highest BCUT2D eigenvalue weighted by atomic mass is 16.3. The van der Waals surface area contributed by atoms with Gasteiger partial charge in [-0.05, 0) is 43.4 Å². The van der Waals surface area contributed by atoms with Gasteiger partial charge in [-0.3, -0.25) is 24.0 Å². The summed E-state index contributed by atoms with van der Waals surface area (Å²) in [5.74, 6) is -0.710. The third kappa shape index (κ3) is 3.37. The average Bonchev–Trinajstić information content (AvgIpc) is 2.83. The van der Waals surface area contributed by atoms with E-state index in [9.17, 15) is 14.4 Å². The summed E-state index contributed by atoms with van der Waals surface area (Å²) in [6.07, 6.45) is 4.20. The number of imidazole rings is 1. The van der Waals surface area contributed by atoms with Crippen LogP contribution < -0.4 is 11.0 Å². The number of hydrogen-bond acceptors (Lipinski definition) is 4. The molecule has 1 fully saturated rings. The van der Waals surface area contributed by atoms with Crippen molar-refractivity contribution in [2.75, 3.05) is 6.61 Å². The Morgan fingerprint density at radius 3 is 2.68 bits per heavy atom. The normalized spacial score (nSPS) is 17.9. The second-order valence-electron chi connectivity index (χ2n) is 6.54. The van der Waals surface area contributed by atoms with Gasteiger partial charge in [0.15, 0.2) is 0 Å². The van der Waals surface area contributed by atoms with Gasteiger partial charge in [0.2, 0.25) is 11.8 Å². The van der Waals surface area contributed by atoms with Gasteiger partial charge in [0.1, 0.15) is 6.04 Å². The van der Waals surface area contributed by atoms with Gasteiger partial charge in [0.25, 0.3) is 0 Å². The second-order valence-corrected chi connectivity index (χ2v) is 6.54. The molecule has 7 heteroatoms. The quantitative estimate of drug-likeness (QED) is 0.604. The second kappa shape index (κ2) is 7.23. The Morgan fingerprint density at radius 2 is 1.96 bits per heavy atom. The molecule has 1 saturated heterocycles. The van der Waals surface area contributed by atoms with Gasteiger partial charge in [-0.25, -0.2) is 4.79 Å². The molecule has 3 rings (SSSR count). The molecule has 0 radical (unpaired) electrons. The number of aryl methyl sites for hydroxylation is 2. The Bertz CT molecular complexity index is 865. The predicted octanol–water partition coefficient (Wildman–Crippen LogP) is 1.02. The third-order valence-corrected chi connectivity index (χ3v) is 4.80. The molecular formula is C18H23N3O4. The van der Waals surface area contributed by atoms with Crippen LogP contribution >= 0.6 is 0 Å². The van der Waals surface area contributed by atoms with Crippen molar-refractivity contribution in [3.05, 3.63) is 34.2 Å². The Balaban J connectivity index is 1.93. The summed E-state index contributed by atoms with van der Waals surface area (Å²) in [5, 5.41) is 11.2. The lowest BCUT2D eigenvalue weighted by molar-refractivity contribution is -0.135. The van der Waals surface area contributed by atoms with Crippen LogP contribution in [0.3, 0.4) is 0 Å². The number of carbonyl (C=O) groups excluding carboxylic acids is 2. The molecule has 0 spiro atoms. The zero-order valence-electron chi connectivity index (χ0n) is 14.3. The lowest BCUT2D eigenvalue weighted by atomic mass is 10.0. The fourth-order valence-corrected chi connectivity index (χ4v) is 3.41. The molecule has 0 bridgehead atoms. The third-order valence-electron chi connectivity index (χ3n) is 4.80. The molecule has 25 heavy (non-hydrogen) atoms. The number of carbonyl (C=O) groups is 2. The first-order chi connectivity index (χ1) is 12.0. The van der Waals surface area contributed by atoms with Crippen molar-refractivity contribution in [2.45, 2.75) is 44.6 Å². The van der Waals surface area contributed by atoms with Crippen LogP contribution in [0.15, 0.2) is 23.0 Å². The number of aliphatic hydroxyl groups excluding tert-OH is 1. The van der Waals surface area contributed by atoms with Crippen molar-refractivity contribution in [3.63, 3.8) is 0 Å². The minimum atomic E-state index is -0.649. The standard InChI is InChI=1S/C18H23N3O4/c1-20-15-11-12(5-3-2-4-10-22)6-7-13(15)21(18(20)25)14-8-9-16(23)19-17(14)24/h6-7,11,14,22H,2-5,8-10H2,1H3,(H,19,23,24). The maximum absolute atomic E-state index is 12.7. The molecule has 0 saturated carbocycles. The summed E-state index contributed by atoms with van der Waals surface area (Å²) in [6.45, 7) is 0.211. The first-order valence-corrected chi connectivity index (χ1v) is 8.67. The number of imide groups is 1. The van der Waals surface area contributed by atoms with Crippen molar-refractivity contribution < 1.29 is 14.7 Å². The first kappa shape index (κ1) is 17.4. The lowest BCUT2D eigenvalue weighted by Crippen LogP contribution is -2.44. The molecule has 2 aromatic rings. The predicted molar refractivity (Wildman–Crippen MR) is 93.2 cm³/mol. The van der Waals surface area contributed by atoms with Crippen molar-refractivity contribution in [2.24, 2.45) is 7.05 Å². The topological polar surface area (TPSA) is 93.3 Å². The summed E-state index contributed by atoms with van der Waals surface area (Å²) in [5.41, 5.74) is 2.37. The van der Waals surface area contributed by atoms with Crippen LogP contribution in [0, 0.1) is 0 Å². The van der Waals surface area contributed by atoms with Crippen molar-refractivity contribution in [1.82, 2.24) is 14.5 Å². The van der Waals surface area contributed by atoms with Crippen molar-refractivity contribution in [3.8, 4) is 0 Å². The highest BCUT2D eigenvalue weighted by molar-refractivity contribution is 6.00. The maximum atomic E-state index is 12.7. The largest absolute Gasteiger partial charge is 0.396 e. The van der Waals surface area contributed by atoms with E-state index in [1.165, 1.54) is 4.57 Å². The molecule has 2 amide bonds. The van der Waals surface area contributed by atoms with E-state index in [1.807, 2.05) is 18.2 Å². The van der Waals surface area contributed by atoms with E-state index in [-0.39, 0.29) is 24.6 Å². The molecule has 1 aromatic heterocycles. The summed E-state index contributed by atoms with van der Waals surface area (Å²) < 4.78 is 3.04. The molecule has 2 heterocycles. The SMILES string of the molecule is Cn1c(=O)n(C2CCC(=O)NC2=O)c2ccc(CCCCCO)cc21. The summed E-state index contributed by atoms with van der Waals surface area (Å²) in [7, 11) is 1.70.